The first-order valence-electron chi connectivity index (χ1n) is 9.02. The molecular formula is C20H27ClN2O4S. The molecule has 0 atom stereocenters. The van der Waals surface area contributed by atoms with Gasteiger partial charge >= 0.3 is 0 Å². The van der Waals surface area contributed by atoms with Crippen molar-refractivity contribution in [2.75, 3.05) is 27.3 Å². The number of nitrogens with one attached hydrogen (secondary N) is 1. The van der Waals surface area contributed by atoms with Crippen LogP contribution in [0.5, 0.6) is 11.5 Å². The van der Waals surface area contributed by atoms with E-state index < -0.39 is 10.0 Å². The smallest absolute Gasteiger partial charge is 0.240 e. The molecule has 1 aliphatic heterocycles. The molecule has 1 fully saturated rings. The topological polar surface area (TPSA) is 67.9 Å². The Balaban J connectivity index is 0.00000280. The van der Waals surface area contributed by atoms with Crippen molar-refractivity contribution in [2.24, 2.45) is 0 Å². The van der Waals surface area contributed by atoms with Gasteiger partial charge in [0.1, 0.15) is 0 Å². The third kappa shape index (κ3) is 5.61. The molecule has 0 saturated carbocycles. The molecule has 0 spiro atoms. The molecule has 1 N–H and O–H groups in total. The highest BCUT2D eigenvalue weighted by Crippen LogP contribution is 2.29. The van der Waals surface area contributed by atoms with Gasteiger partial charge in [-0.15, -0.1) is 12.4 Å². The van der Waals surface area contributed by atoms with Crippen LogP contribution < -0.4 is 14.2 Å². The second-order valence-corrected chi connectivity index (χ2v) is 8.39. The van der Waals surface area contributed by atoms with E-state index >= 15 is 0 Å². The molecule has 0 aromatic heterocycles. The highest BCUT2D eigenvalue weighted by atomic mass is 35.5. The fourth-order valence-electron chi connectivity index (χ4n) is 3.32. The minimum atomic E-state index is -3.60. The predicted molar refractivity (Wildman–Crippen MR) is 112 cm³/mol. The molecule has 2 aromatic rings. The van der Waals surface area contributed by atoms with E-state index in [1.165, 1.54) is 31.9 Å². The molecule has 8 heteroatoms. The van der Waals surface area contributed by atoms with E-state index in [0.29, 0.717) is 11.5 Å². The van der Waals surface area contributed by atoms with Gasteiger partial charge in [-0.25, -0.2) is 13.1 Å². The zero-order chi connectivity index (χ0) is 19.3. The first kappa shape index (κ1) is 22.5. The molecule has 154 valence electrons. The van der Waals surface area contributed by atoms with Crippen LogP contribution >= 0.6 is 12.4 Å². The van der Waals surface area contributed by atoms with Crippen LogP contribution in [0.1, 0.15) is 18.4 Å². The lowest BCUT2D eigenvalue weighted by atomic mass is 10.1. The van der Waals surface area contributed by atoms with Crippen molar-refractivity contribution in [3.8, 4) is 11.5 Å². The molecule has 0 unspecified atom stereocenters. The van der Waals surface area contributed by atoms with Gasteiger partial charge in [-0.1, -0.05) is 30.3 Å². The summed E-state index contributed by atoms with van der Waals surface area (Å²) in [5.74, 6) is 0.906. The normalized spacial score (nSPS) is 15.6. The number of ether oxygens (including phenoxy) is 2. The van der Waals surface area contributed by atoms with Gasteiger partial charge in [-0.2, -0.15) is 0 Å². The zero-order valence-electron chi connectivity index (χ0n) is 16.1. The van der Waals surface area contributed by atoms with Crippen LogP contribution in [-0.4, -0.2) is 46.7 Å². The van der Waals surface area contributed by atoms with Gasteiger partial charge in [0.25, 0.3) is 0 Å². The Morgan fingerprint density at radius 1 is 1.00 bits per heavy atom. The summed E-state index contributed by atoms with van der Waals surface area (Å²) in [6.45, 7) is 2.64. The summed E-state index contributed by atoms with van der Waals surface area (Å²) in [5.41, 5.74) is 1.28. The number of benzene rings is 2. The molecule has 28 heavy (non-hydrogen) atoms. The van der Waals surface area contributed by atoms with Crippen molar-refractivity contribution in [1.29, 1.82) is 0 Å². The Bertz CT molecular complexity index is 854. The monoisotopic (exact) mass is 426 g/mol. The summed E-state index contributed by atoms with van der Waals surface area (Å²) in [6.07, 6.45) is 1.58. The molecule has 1 saturated heterocycles. The molecule has 0 aliphatic carbocycles. The van der Waals surface area contributed by atoms with Crippen LogP contribution in [0.15, 0.2) is 53.4 Å². The van der Waals surface area contributed by atoms with Crippen LogP contribution in [0.2, 0.25) is 0 Å². The van der Waals surface area contributed by atoms with Crippen LogP contribution in [0, 0.1) is 0 Å². The Kier molecular flexibility index (Phi) is 8.12. The van der Waals surface area contributed by atoms with Gasteiger partial charge < -0.3 is 9.47 Å². The average Bonchev–Trinajstić information content (AvgIpc) is 2.69. The number of rotatable bonds is 7. The van der Waals surface area contributed by atoms with E-state index in [1.54, 1.807) is 6.07 Å². The quantitative estimate of drug-likeness (QED) is 0.736. The zero-order valence-corrected chi connectivity index (χ0v) is 17.8. The molecule has 6 nitrogen and oxygen atoms in total. The maximum Gasteiger partial charge on any atom is 0.240 e. The number of halogens is 1. The molecule has 1 heterocycles. The number of piperidine rings is 1. The van der Waals surface area contributed by atoms with Crippen molar-refractivity contribution in [3.05, 3.63) is 54.1 Å². The second kappa shape index (κ2) is 10.1. The van der Waals surface area contributed by atoms with Gasteiger partial charge in [-0.05, 0) is 30.5 Å². The summed E-state index contributed by atoms with van der Waals surface area (Å²) < 4.78 is 38.7. The molecule has 1 aliphatic rings. The number of likely N-dealkylation sites (tertiary alicyclic amines) is 1. The lowest BCUT2D eigenvalue weighted by molar-refractivity contribution is 0.200. The first-order valence-corrected chi connectivity index (χ1v) is 10.5. The van der Waals surface area contributed by atoms with Gasteiger partial charge in [-0.3, -0.25) is 4.90 Å². The van der Waals surface area contributed by atoms with E-state index in [1.807, 2.05) is 18.2 Å². The number of hydrogen-bond acceptors (Lipinski definition) is 5. The predicted octanol–water partition coefficient (Wildman–Crippen LogP) is 3.07. The lowest BCUT2D eigenvalue weighted by Gasteiger charge is -2.32. The van der Waals surface area contributed by atoms with Crippen molar-refractivity contribution in [2.45, 2.75) is 30.3 Å². The van der Waals surface area contributed by atoms with Crippen molar-refractivity contribution >= 4 is 22.4 Å². The molecular weight excluding hydrogens is 400 g/mol. The highest BCUT2D eigenvalue weighted by Gasteiger charge is 2.25. The SMILES string of the molecule is COc1ccc(S(=O)(=O)NC2CCN(Cc3ccccc3)CC2)cc1OC.Cl. The van der Waals surface area contributed by atoms with E-state index in [9.17, 15) is 8.42 Å². The first-order chi connectivity index (χ1) is 13.0. The summed E-state index contributed by atoms with van der Waals surface area (Å²) in [7, 11) is -0.586. The summed E-state index contributed by atoms with van der Waals surface area (Å²) >= 11 is 0. The maximum atomic E-state index is 12.7. The van der Waals surface area contributed by atoms with E-state index in [2.05, 4.69) is 21.8 Å². The second-order valence-electron chi connectivity index (χ2n) is 6.67. The number of hydrogen-bond donors (Lipinski definition) is 1. The number of methoxy groups -OCH3 is 2. The fraction of sp³-hybridized carbons (Fsp3) is 0.400. The standard InChI is InChI=1S/C20H26N2O4S.ClH/c1-25-19-9-8-18(14-20(19)26-2)27(23,24)21-17-10-12-22(13-11-17)15-16-6-4-3-5-7-16;/h3-9,14,17,21H,10-13,15H2,1-2H3;1H. The van der Waals surface area contributed by atoms with E-state index in [0.717, 1.165) is 32.5 Å². The van der Waals surface area contributed by atoms with Crippen molar-refractivity contribution in [3.63, 3.8) is 0 Å². The van der Waals surface area contributed by atoms with Gasteiger partial charge in [0, 0.05) is 31.7 Å². The van der Waals surface area contributed by atoms with Crippen LogP contribution in [0.4, 0.5) is 0 Å². The van der Waals surface area contributed by atoms with Crippen molar-refractivity contribution < 1.29 is 17.9 Å². The fourth-order valence-corrected chi connectivity index (χ4v) is 4.64. The summed E-state index contributed by atoms with van der Waals surface area (Å²) in [4.78, 5) is 2.54. The van der Waals surface area contributed by atoms with Crippen LogP contribution in [0.3, 0.4) is 0 Å². The average molecular weight is 427 g/mol. The Morgan fingerprint density at radius 2 is 1.64 bits per heavy atom. The van der Waals surface area contributed by atoms with Crippen LogP contribution in [0.25, 0.3) is 0 Å². The number of sulfonamides is 1. The van der Waals surface area contributed by atoms with E-state index in [-0.39, 0.29) is 23.3 Å². The van der Waals surface area contributed by atoms with Crippen LogP contribution in [-0.2, 0) is 16.6 Å². The molecule has 3 rings (SSSR count). The maximum absolute atomic E-state index is 12.7. The van der Waals surface area contributed by atoms with Gasteiger partial charge in [0.15, 0.2) is 11.5 Å². The molecule has 0 radical (unpaired) electrons. The molecule has 0 amide bonds. The van der Waals surface area contributed by atoms with Gasteiger partial charge in [0.05, 0.1) is 19.1 Å². The molecule has 0 bridgehead atoms. The lowest BCUT2D eigenvalue weighted by Crippen LogP contribution is -2.44. The minimum absolute atomic E-state index is 0. The third-order valence-electron chi connectivity index (χ3n) is 4.82. The third-order valence-corrected chi connectivity index (χ3v) is 6.34. The Hall–Kier alpha value is -1.80. The summed E-state index contributed by atoms with van der Waals surface area (Å²) in [6, 6.07) is 14.9. The Labute approximate surface area is 173 Å². The minimum Gasteiger partial charge on any atom is -0.493 e. The highest BCUT2D eigenvalue weighted by molar-refractivity contribution is 7.89. The number of nitrogens with zero attached hydrogens (tertiary/aromatic N) is 1. The Morgan fingerprint density at radius 3 is 2.25 bits per heavy atom. The molecule has 2 aromatic carbocycles. The van der Waals surface area contributed by atoms with Gasteiger partial charge in [0.2, 0.25) is 10.0 Å². The van der Waals surface area contributed by atoms with E-state index in [4.69, 9.17) is 9.47 Å². The largest absolute Gasteiger partial charge is 0.493 e. The van der Waals surface area contributed by atoms with Crippen molar-refractivity contribution in [1.82, 2.24) is 9.62 Å². The summed E-state index contributed by atoms with van der Waals surface area (Å²) in [5, 5.41) is 0.